The van der Waals surface area contributed by atoms with E-state index in [0.717, 1.165) is 0 Å². The highest BCUT2D eigenvalue weighted by Gasteiger charge is 2.03. The van der Waals surface area contributed by atoms with Gasteiger partial charge in [0.1, 0.15) is 19.8 Å². The summed E-state index contributed by atoms with van der Waals surface area (Å²) in [4.78, 5) is 21.9. The van der Waals surface area contributed by atoms with Crippen LogP contribution in [0.1, 0.15) is 0 Å². The second-order valence-electron chi connectivity index (χ2n) is 2.65. The topological polar surface area (TPSA) is 99.1 Å². The first-order valence-electron chi connectivity index (χ1n) is 4.13. The Bertz CT molecular complexity index is 241. The average molecular weight is 218 g/mol. The van der Waals surface area contributed by atoms with Crippen molar-refractivity contribution in [1.29, 1.82) is 0 Å². The van der Waals surface area contributed by atoms with Crippen LogP contribution in [0.25, 0.3) is 0 Å². The largest absolute Gasteiger partial charge is 0.480 e. The molecular weight excluding hydrogens is 204 g/mol. The first-order valence-corrected chi connectivity index (χ1v) is 4.13. The van der Waals surface area contributed by atoms with E-state index in [1.807, 2.05) is 0 Å². The van der Waals surface area contributed by atoms with E-state index in [2.05, 4.69) is 5.32 Å². The number of hydrogen-bond donors (Lipinski definition) is 3. The van der Waals surface area contributed by atoms with Crippen molar-refractivity contribution in [3.8, 4) is 0 Å². The molecule has 0 rings (SSSR count). The van der Waals surface area contributed by atoms with Gasteiger partial charge in [-0.05, 0) is 0 Å². The van der Waals surface area contributed by atoms with Crippen molar-refractivity contribution < 1.29 is 24.5 Å². The van der Waals surface area contributed by atoms with Crippen LogP contribution in [0.4, 0.5) is 0 Å². The van der Waals surface area contributed by atoms with Crippen molar-refractivity contribution in [2.75, 3.05) is 26.9 Å². The molecule has 0 unspecified atom stereocenters. The number of rotatable bonds is 8. The Morgan fingerprint density at radius 1 is 1.40 bits per heavy atom. The molecule has 0 aromatic carbocycles. The van der Waals surface area contributed by atoms with Crippen LogP contribution in [0, 0.1) is 0 Å². The van der Waals surface area contributed by atoms with Gasteiger partial charge in [0, 0.05) is 19.5 Å². The summed E-state index contributed by atoms with van der Waals surface area (Å²) in [5.74, 6) is -1.98. The molecule has 0 radical (unpaired) electrons. The molecule has 0 aliphatic rings. The van der Waals surface area contributed by atoms with Gasteiger partial charge in [-0.2, -0.15) is 0 Å². The predicted molar refractivity (Wildman–Crippen MR) is 51.0 cm³/mol. The zero-order chi connectivity index (χ0) is 11.7. The first kappa shape index (κ1) is 13.2. The molecule has 3 N–H and O–H groups in total. The van der Waals surface area contributed by atoms with Gasteiger partial charge in [-0.1, -0.05) is 0 Å². The van der Waals surface area contributed by atoms with E-state index in [0.29, 0.717) is 0 Å². The van der Waals surface area contributed by atoms with Crippen molar-refractivity contribution in [1.82, 2.24) is 10.2 Å². The van der Waals surface area contributed by atoms with E-state index in [1.54, 1.807) is 0 Å². The smallest absolute Gasteiger partial charge is 0.323 e. The lowest BCUT2D eigenvalue weighted by atomic mass is 10.5. The van der Waals surface area contributed by atoms with E-state index in [1.165, 1.54) is 24.4 Å². The van der Waals surface area contributed by atoms with Crippen LogP contribution in [0.3, 0.4) is 0 Å². The normalized spacial score (nSPS) is 10.2. The third-order valence-corrected chi connectivity index (χ3v) is 1.29. The number of hydrogen-bond acceptors (Lipinski definition) is 5. The Hall–Kier alpha value is -1.76. The molecule has 15 heavy (non-hydrogen) atoms. The van der Waals surface area contributed by atoms with Crippen molar-refractivity contribution >= 4 is 11.9 Å². The van der Waals surface area contributed by atoms with Crippen LogP contribution in [0.15, 0.2) is 12.4 Å². The van der Waals surface area contributed by atoms with Crippen LogP contribution < -0.4 is 5.32 Å². The maximum absolute atomic E-state index is 10.4. The van der Waals surface area contributed by atoms with Crippen LogP contribution in [-0.2, 0) is 14.3 Å². The van der Waals surface area contributed by atoms with E-state index >= 15 is 0 Å². The highest BCUT2D eigenvalue weighted by Crippen LogP contribution is 1.89. The third-order valence-electron chi connectivity index (χ3n) is 1.29. The molecule has 0 amide bonds. The molecule has 0 saturated heterocycles. The zero-order valence-electron chi connectivity index (χ0n) is 8.34. The van der Waals surface area contributed by atoms with Gasteiger partial charge in [-0.25, -0.2) is 0 Å². The van der Waals surface area contributed by atoms with E-state index in [-0.39, 0.29) is 19.8 Å². The van der Waals surface area contributed by atoms with Crippen molar-refractivity contribution in [3.63, 3.8) is 0 Å². The zero-order valence-corrected chi connectivity index (χ0v) is 8.34. The molecule has 0 heterocycles. The lowest BCUT2D eigenvalue weighted by Crippen LogP contribution is -2.27. The molecule has 0 aliphatic carbocycles. The van der Waals surface area contributed by atoms with Crippen LogP contribution in [0.5, 0.6) is 0 Å². The highest BCUT2D eigenvalue weighted by atomic mass is 16.5. The van der Waals surface area contributed by atoms with Gasteiger partial charge in [0.05, 0.1) is 0 Å². The molecule has 0 aliphatic heterocycles. The summed E-state index contributed by atoms with van der Waals surface area (Å²) in [7, 11) is 1.44. The SMILES string of the molecule is COCN(/C=C\NCC(=O)O)CC(=O)O. The molecule has 0 saturated carbocycles. The summed E-state index contributed by atoms with van der Waals surface area (Å²) in [6.45, 7) is -0.305. The summed E-state index contributed by atoms with van der Waals surface area (Å²) < 4.78 is 4.75. The van der Waals surface area contributed by atoms with Gasteiger partial charge >= 0.3 is 11.9 Å². The standard InChI is InChI=1S/C8H14N2O5/c1-15-6-10(5-8(13)14)3-2-9-4-7(11)12/h2-3,9H,4-6H2,1H3,(H,11,12)(H,13,14)/b3-2-. The number of carboxylic acid groups (broad SMARTS) is 2. The van der Waals surface area contributed by atoms with Crippen molar-refractivity contribution in [2.45, 2.75) is 0 Å². The lowest BCUT2D eigenvalue weighted by Gasteiger charge is -2.16. The summed E-state index contributed by atoms with van der Waals surface area (Å²) in [5.41, 5.74) is 0. The lowest BCUT2D eigenvalue weighted by molar-refractivity contribution is -0.139. The number of carbonyl (C=O) groups is 2. The minimum Gasteiger partial charge on any atom is -0.480 e. The maximum Gasteiger partial charge on any atom is 0.323 e. The third kappa shape index (κ3) is 8.57. The van der Waals surface area contributed by atoms with Gasteiger partial charge in [-0.3, -0.25) is 9.59 Å². The second kappa shape index (κ2) is 7.63. The molecular formula is C8H14N2O5. The molecule has 0 spiro atoms. The van der Waals surface area contributed by atoms with E-state index in [4.69, 9.17) is 14.9 Å². The fourth-order valence-electron chi connectivity index (χ4n) is 0.785. The van der Waals surface area contributed by atoms with E-state index < -0.39 is 11.9 Å². The Morgan fingerprint density at radius 3 is 2.53 bits per heavy atom. The summed E-state index contributed by atoms with van der Waals surface area (Å²) >= 11 is 0. The van der Waals surface area contributed by atoms with Gasteiger partial charge in [0.25, 0.3) is 0 Å². The van der Waals surface area contributed by atoms with Gasteiger partial charge < -0.3 is 25.2 Å². The minimum absolute atomic E-state index is 0.123. The number of nitrogens with zero attached hydrogens (tertiary/aromatic N) is 1. The van der Waals surface area contributed by atoms with Crippen LogP contribution in [-0.4, -0.2) is 54.0 Å². The predicted octanol–water partition coefficient (Wildman–Crippen LogP) is -0.878. The highest BCUT2D eigenvalue weighted by molar-refractivity contribution is 5.69. The summed E-state index contributed by atoms with van der Waals surface area (Å²) in [6.07, 6.45) is 2.77. The molecule has 0 fully saturated rings. The molecule has 0 aromatic rings. The molecule has 86 valence electrons. The molecule has 7 nitrogen and oxygen atoms in total. The second-order valence-corrected chi connectivity index (χ2v) is 2.65. The van der Waals surface area contributed by atoms with Gasteiger partial charge in [-0.15, -0.1) is 0 Å². The quantitative estimate of drug-likeness (QED) is 0.455. The van der Waals surface area contributed by atoms with Crippen LogP contribution >= 0.6 is 0 Å². The summed E-state index contributed by atoms with van der Waals surface area (Å²) in [5, 5.41) is 19.3. The maximum atomic E-state index is 10.4. The average Bonchev–Trinajstić information content (AvgIpc) is 2.11. The number of nitrogens with one attached hydrogen (secondary N) is 1. The molecule has 7 heteroatoms. The first-order chi connectivity index (χ1) is 7.06. The monoisotopic (exact) mass is 218 g/mol. The Labute approximate surface area is 86.9 Å². The number of ether oxygens (including phenoxy) is 1. The Kier molecular flexibility index (Phi) is 6.73. The number of carboxylic acids is 2. The number of aliphatic carboxylic acids is 2. The Balaban J connectivity index is 3.92. The van der Waals surface area contributed by atoms with E-state index in [9.17, 15) is 9.59 Å². The van der Waals surface area contributed by atoms with Gasteiger partial charge in [0.15, 0.2) is 0 Å². The molecule has 0 bridgehead atoms. The fourth-order valence-corrected chi connectivity index (χ4v) is 0.785. The Morgan fingerprint density at radius 2 is 2.07 bits per heavy atom. The molecule has 0 atom stereocenters. The van der Waals surface area contributed by atoms with Crippen molar-refractivity contribution in [3.05, 3.63) is 12.4 Å². The van der Waals surface area contributed by atoms with Gasteiger partial charge in [0.2, 0.25) is 0 Å². The fraction of sp³-hybridized carbons (Fsp3) is 0.500. The number of methoxy groups -OCH3 is 1. The van der Waals surface area contributed by atoms with Crippen LogP contribution in [0.2, 0.25) is 0 Å². The molecule has 0 aromatic heterocycles. The minimum atomic E-state index is -0.991. The summed E-state index contributed by atoms with van der Waals surface area (Å²) in [6, 6.07) is 0. The van der Waals surface area contributed by atoms with Crippen molar-refractivity contribution in [2.24, 2.45) is 0 Å².